The third-order valence-electron chi connectivity index (χ3n) is 6.11. The minimum Gasteiger partial charge on any atom is -0.495 e. The maximum absolute atomic E-state index is 5.87. The van der Waals surface area contributed by atoms with E-state index in [1.807, 2.05) is 73.1 Å². The molecule has 0 spiro atoms. The smallest absolute Gasteiger partial charge is 0.174 e. The molecule has 7 heteroatoms. The third-order valence-corrected chi connectivity index (χ3v) is 6.42. The Bertz CT molecular complexity index is 1290. The van der Waals surface area contributed by atoms with Crippen molar-refractivity contribution in [2.75, 3.05) is 12.0 Å². The fraction of sp³-hybridized carbons (Fsp3) is 0.192. The van der Waals surface area contributed by atoms with Crippen molar-refractivity contribution in [2.45, 2.75) is 25.9 Å². The number of aryl methyl sites for hydroxylation is 1. The summed E-state index contributed by atoms with van der Waals surface area (Å²) in [6.07, 6.45) is 3.64. The predicted molar refractivity (Wildman–Crippen MR) is 134 cm³/mol. The highest BCUT2D eigenvalue weighted by molar-refractivity contribution is 7.80. The molecule has 0 unspecified atom stereocenters. The lowest BCUT2D eigenvalue weighted by Gasteiger charge is -2.29. The Hall–Kier alpha value is -3.71. The molecule has 1 N–H and O–H groups in total. The van der Waals surface area contributed by atoms with Crippen LogP contribution in [0.2, 0.25) is 0 Å². The largest absolute Gasteiger partial charge is 0.495 e. The lowest BCUT2D eigenvalue weighted by atomic mass is 9.96. The molecule has 1 aromatic carbocycles. The highest BCUT2D eigenvalue weighted by atomic mass is 32.1. The van der Waals surface area contributed by atoms with Gasteiger partial charge in [-0.25, -0.2) is 4.98 Å². The van der Waals surface area contributed by atoms with Gasteiger partial charge in [-0.05, 0) is 74.1 Å². The highest BCUT2D eigenvalue weighted by Crippen LogP contribution is 2.45. The van der Waals surface area contributed by atoms with Crippen molar-refractivity contribution in [3.63, 3.8) is 0 Å². The van der Waals surface area contributed by atoms with Gasteiger partial charge in [-0.1, -0.05) is 24.3 Å². The summed E-state index contributed by atoms with van der Waals surface area (Å²) >= 11 is 5.87. The fourth-order valence-corrected chi connectivity index (χ4v) is 5.02. The predicted octanol–water partition coefficient (Wildman–Crippen LogP) is 5.07. The lowest BCUT2D eigenvalue weighted by Crippen LogP contribution is -2.30. The molecule has 2 atom stereocenters. The van der Waals surface area contributed by atoms with E-state index < -0.39 is 0 Å². The lowest BCUT2D eigenvalue weighted by molar-refractivity contribution is 0.414. The van der Waals surface area contributed by atoms with Crippen molar-refractivity contribution in [1.29, 1.82) is 0 Å². The van der Waals surface area contributed by atoms with Crippen molar-refractivity contribution in [1.82, 2.24) is 19.9 Å². The molecule has 1 aliphatic heterocycles. The van der Waals surface area contributed by atoms with Crippen LogP contribution in [-0.2, 0) is 0 Å². The van der Waals surface area contributed by atoms with Crippen molar-refractivity contribution in [3.05, 3.63) is 102 Å². The monoisotopic (exact) mass is 455 g/mol. The molecule has 4 aromatic rings. The first-order valence-electron chi connectivity index (χ1n) is 10.8. The molecule has 0 aliphatic carbocycles. The molecular weight excluding hydrogens is 430 g/mol. The van der Waals surface area contributed by atoms with Gasteiger partial charge in [0, 0.05) is 23.8 Å². The van der Waals surface area contributed by atoms with E-state index in [1.54, 1.807) is 7.11 Å². The van der Waals surface area contributed by atoms with Gasteiger partial charge in [0.1, 0.15) is 11.6 Å². The average molecular weight is 456 g/mol. The van der Waals surface area contributed by atoms with Crippen LogP contribution in [0.4, 0.5) is 5.69 Å². The minimum absolute atomic E-state index is 0.118. The summed E-state index contributed by atoms with van der Waals surface area (Å²) in [5.74, 6) is 1.66. The second-order valence-electron chi connectivity index (χ2n) is 8.02. The number of aromatic nitrogens is 3. The molecular formula is C26H25N5OS. The van der Waals surface area contributed by atoms with Gasteiger partial charge in [0.25, 0.3) is 0 Å². The number of benzene rings is 1. The van der Waals surface area contributed by atoms with Gasteiger partial charge >= 0.3 is 0 Å². The second-order valence-corrected chi connectivity index (χ2v) is 8.40. The Morgan fingerprint density at radius 3 is 2.36 bits per heavy atom. The van der Waals surface area contributed by atoms with Crippen molar-refractivity contribution in [2.24, 2.45) is 0 Å². The van der Waals surface area contributed by atoms with Crippen LogP contribution in [0.25, 0.3) is 5.82 Å². The zero-order valence-corrected chi connectivity index (χ0v) is 19.6. The molecule has 5 rings (SSSR count). The molecule has 33 heavy (non-hydrogen) atoms. The first kappa shape index (κ1) is 21.2. The summed E-state index contributed by atoms with van der Waals surface area (Å²) in [5.41, 5.74) is 5.24. The minimum atomic E-state index is -0.124. The van der Waals surface area contributed by atoms with Gasteiger partial charge in [0.15, 0.2) is 5.11 Å². The number of nitrogens with zero attached hydrogens (tertiary/aromatic N) is 4. The summed E-state index contributed by atoms with van der Waals surface area (Å²) in [4.78, 5) is 11.4. The van der Waals surface area contributed by atoms with Gasteiger partial charge in [-0.15, -0.1) is 0 Å². The van der Waals surface area contributed by atoms with E-state index in [0.29, 0.717) is 5.11 Å². The summed E-state index contributed by atoms with van der Waals surface area (Å²) in [7, 11) is 1.68. The van der Waals surface area contributed by atoms with Crippen LogP contribution in [-0.4, -0.2) is 26.8 Å². The van der Waals surface area contributed by atoms with Gasteiger partial charge in [0.2, 0.25) is 0 Å². The van der Waals surface area contributed by atoms with Crippen LogP contribution in [0.15, 0.2) is 79.1 Å². The van der Waals surface area contributed by atoms with Gasteiger partial charge < -0.3 is 19.5 Å². The maximum atomic E-state index is 5.87. The zero-order chi connectivity index (χ0) is 22.9. The summed E-state index contributed by atoms with van der Waals surface area (Å²) in [5, 5.41) is 4.17. The summed E-state index contributed by atoms with van der Waals surface area (Å²) in [6.45, 7) is 4.24. The maximum Gasteiger partial charge on any atom is 0.174 e. The Labute approximate surface area is 198 Å². The molecule has 6 nitrogen and oxygen atoms in total. The van der Waals surface area contributed by atoms with E-state index in [9.17, 15) is 0 Å². The average Bonchev–Trinajstić information content (AvgIpc) is 3.35. The standard InChI is InChI=1S/C26H25N5OS/c1-17-16-19(18(2)30(17)23-13-7-9-15-28-23)25-24(20-10-6-8-14-27-20)29-26(33)31(25)21-11-4-5-12-22(21)32-3/h4-16,24-25H,1-3H3,(H,29,33)/t24-,25-/m1/s1. The van der Waals surface area contributed by atoms with Gasteiger partial charge in [-0.2, -0.15) is 0 Å². The number of hydrogen-bond donors (Lipinski definition) is 1. The van der Waals surface area contributed by atoms with Crippen molar-refractivity contribution < 1.29 is 4.74 Å². The third kappa shape index (κ3) is 3.64. The number of rotatable bonds is 5. The SMILES string of the molecule is COc1ccccc1N1C(=S)N[C@H](c2ccccn2)[C@H]1c1cc(C)n(-c2ccccn2)c1C. The Balaban J connectivity index is 1.71. The molecule has 0 radical (unpaired) electrons. The number of methoxy groups -OCH3 is 1. The molecule has 1 saturated heterocycles. The van der Waals surface area contributed by atoms with E-state index in [4.69, 9.17) is 17.0 Å². The Kier molecular flexibility index (Phi) is 5.56. The van der Waals surface area contributed by atoms with Crippen LogP contribution in [0, 0.1) is 13.8 Å². The Morgan fingerprint density at radius 1 is 0.939 bits per heavy atom. The summed E-state index contributed by atoms with van der Waals surface area (Å²) in [6, 6.07) is 21.9. The quantitative estimate of drug-likeness (QED) is 0.424. The highest BCUT2D eigenvalue weighted by Gasteiger charge is 2.43. The van der Waals surface area contributed by atoms with Crippen LogP contribution in [0.3, 0.4) is 0 Å². The second kappa shape index (κ2) is 8.67. The molecule has 1 fully saturated rings. The number of hydrogen-bond acceptors (Lipinski definition) is 4. The number of nitrogens with one attached hydrogen (secondary N) is 1. The van der Waals surface area contributed by atoms with Crippen molar-refractivity contribution in [3.8, 4) is 11.6 Å². The topological polar surface area (TPSA) is 55.2 Å². The number of ether oxygens (including phenoxy) is 1. The molecule has 3 aromatic heterocycles. The number of para-hydroxylation sites is 2. The van der Waals surface area contributed by atoms with Crippen LogP contribution < -0.4 is 15.0 Å². The number of anilines is 1. The zero-order valence-electron chi connectivity index (χ0n) is 18.8. The number of pyridine rings is 2. The molecule has 0 amide bonds. The van der Waals surface area contributed by atoms with Crippen LogP contribution in [0.1, 0.15) is 34.7 Å². The van der Waals surface area contributed by atoms with Crippen LogP contribution in [0.5, 0.6) is 5.75 Å². The van der Waals surface area contributed by atoms with E-state index in [2.05, 4.69) is 44.7 Å². The van der Waals surface area contributed by atoms with E-state index in [0.717, 1.165) is 39.9 Å². The van der Waals surface area contributed by atoms with Crippen molar-refractivity contribution >= 4 is 23.0 Å². The Morgan fingerprint density at radius 2 is 1.67 bits per heavy atom. The first-order valence-corrected chi connectivity index (χ1v) is 11.2. The van der Waals surface area contributed by atoms with Gasteiger partial charge in [-0.3, -0.25) is 4.98 Å². The number of thiocarbonyl (C=S) groups is 1. The molecule has 4 heterocycles. The van der Waals surface area contributed by atoms with Crippen LogP contribution >= 0.6 is 12.2 Å². The fourth-order valence-electron chi connectivity index (χ4n) is 4.68. The van der Waals surface area contributed by atoms with E-state index >= 15 is 0 Å². The molecule has 1 aliphatic rings. The van der Waals surface area contributed by atoms with E-state index in [1.165, 1.54) is 0 Å². The van der Waals surface area contributed by atoms with E-state index in [-0.39, 0.29) is 12.1 Å². The molecule has 166 valence electrons. The van der Waals surface area contributed by atoms with Gasteiger partial charge in [0.05, 0.1) is 30.6 Å². The molecule has 0 saturated carbocycles. The normalized spacial score (nSPS) is 17.8. The summed E-state index contributed by atoms with van der Waals surface area (Å²) < 4.78 is 7.89. The molecule has 0 bridgehead atoms. The first-order chi connectivity index (χ1) is 16.1.